The molecule has 0 saturated heterocycles. The predicted octanol–water partition coefficient (Wildman–Crippen LogP) is 2.05. The number of benzene rings is 2. The fourth-order valence-electron chi connectivity index (χ4n) is 2.04. The predicted molar refractivity (Wildman–Crippen MR) is 93.8 cm³/mol. The van der Waals surface area contributed by atoms with Crippen LogP contribution in [0.4, 0.5) is 11.4 Å². The Balaban J connectivity index is 1.98. The maximum Gasteiger partial charge on any atom is 0.311 e. The second-order valence-electron chi connectivity index (χ2n) is 5.28. The lowest BCUT2D eigenvalue weighted by Crippen LogP contribution is -2.24. The van der Waals surface area contributed by atoms with Crippen LogP contribution in [0.5, 0.6) is 11.5 Å². The van der Waals surface area contributed by atoms with Crippen molar-refractivity contribution in [2.24, 2.45) is 5.10 Å². The van der Waals surface area contributed by atoms with Gasteiger partial charge in [-0.15, -0.1) is 0 Å². The SMILES string of the molecule is Cc1ccc(OCC(=O)N/N=C\c2cccc([N+](=O)[O-])c2O)c([N+](=O)[O-])c1. The third-order valence-corrected chi connectivity index (χ3v) is 3.31. The summed E-state index contributed by atoms with van der Waals surface area (Å²) >= 11 is 0. The number of nitrogens with zero attached hydrogens (tertiary/aromatic N) is 3. The van der Waals surface area contributed by atoms with Crippen LogP contribution in [0.1, 0.15) is 11.1 Å². The van der Waals surface area contributed by atoms with Crippen LogP contribution in [0.25, 0.3) is 0 Å². The Morgan fingerprint density at radius 1 is 1.22 bits per heavy atom. The summed E-state index contributed by atoms with van der Waals surface area (Å²) in [7, 11) is 0. The van der Waals surface area contributed by atoms with E-state index in [4.69, 9.17) is 4.74 Å². The molecule has 0 fully saturated rings. The van der Waals surface area contributed by atoms with Gasteiger partial charge in [0.2, 0.25) is 5.75 Å². The van der Waals surface area contributed by atoms with Crippen molar-refractivity contribution in [3.63, 3.8) is 0 Å². The summed E-state index contributed by atoms with van der Waals surface area (Å²) < 4.78 is 5.13. The number of phenols is 1. The summed E-state index contributed by atoms with van der Waals surface area (Å²) in [4.78, 5) is 32.1. The van der Waals surface area contributed by atoms with Crippen molar-refractivity contribution in [3.8, 4) is 11.5 Å². The molecule has 0 unspecified atom stereocenters. The van der Waals surface area contributed by atoms with Crippen molar-refractivity contribution >= 4 is 23.5 Å². The van der Waals surface area contributed by atoms with Crippen LogP contribution in [-0.4, -0.2) is 33.7 Å². The monoisotopic (exact) mass is 374 g/mol. The Labute approximate surface area is 152 Å². The van der Waals surface area contributed by atoms with Crippen molar-refractivity contribution in [1.29, 1.82) is 0 Å². The van der Waals surface area contributed by atoms with E-state index in [1.807, 2.05) is 0 Å². The molecule has 1 amide bonds. The maximum absolute atomic E-state index is 11.7. The smallest absolute Gasteiger partial charge is 0.311 e. The molecule has 0 bridgehead atoms. The fraction of sp³-hybridized carbons (Fsp3) is 0.125. The average molecular weight is 374 g/mol. The van der Waals surface area contributed by atoms with E-state index < -0.39 is 33.8 Å². The van der Waals surface area contributed by atoms with Crippen LogP contribution in [0.15, 0.2) is 41.5 Å². The number of aromatic hydroxyl groups is 1. The van der Waals surface area contributed by atoms with Crippen LogP contribution in [-0.2, 0) is 4.79 Å². The number of aryl methyl sites for hydroxylation is 1. The topological polar surface area (TPSA) is 157 Å². The van der Waals surface area contributed by atoms with Crippen molar-refractivity contribution < 1.29 is 24.5 Å². The number of hydrazone groups is 1. The number of phenolic OH excluding ortho intramolecular Hbond substituents is 1. The first-order valence-electron chi connectivity index (χ1n) is 7.45. The molecule has 11 heteroatoms. The molecule has 0 aliphatic carbocycles. The number of nitro groups is 2. The first-order chi connectivity index (χ1) is 12.8. The van der Waals surface area contributed by atoms with E-state index in [1.165, 1.54) is 24.3 Å². The summed E-state index contributed by atoms with van der Waals surface area (Å²) in [5.74, 6) is -1.38. The minimum absolute atomic E-state index is 0.0274. The lowest BCUT2D eigenvalue weighted by atomic mass is 10.2. The quantitative estimate of drug-likeness (QED) is 0.426. The van der Waals surface area contributed by atoms with Crippen LogP contribution in [0, 0.1) is 27.2 Å². The standard InChI is InChI=1S/C16H14N4O7/c1-10-5-6-14(13(7-10)20(25)26)27-9-15(21)18-17-8-11-3-2-4-12(16(11)22)19(23)24/h2-8,22H,9H2,1H3,(H,18,21)/b17-8-. The molecule has 0 saturated carbocycles. The zero-order valence-corrected chi connectivity index (χ0v) is 14.0. The van der Waals surface area contributed by atoms with E-state index in [1.54, 1.807) is 13.0 Å². The third-order valence-electron chi connectivity index (χ3n) is 3.31. The summed E-state index contributed by atoms with van der Waals surface area (Å²) in [6.07, 6.45) is 1.02. The molecule has 27 heavy (non-hydrogen) atoms. The molecule has 140 valence electrons. The van der Waals surface area contributed by atoms with Crippen LogP contribution < -0.4 is 10.2 Å². The van der Waals surface area contributed by atoms with E-state index in [0.29, 0.717) is 5.56 Å². The average Bonchev–Trinajstić information content (AvgIpc) is 2.61. The third kappa shape index (κ3) is 4.98. The highest BCUT2D eigenvalue weighted by Crippen LogP contribution is 2.28. The molecule has 0 spiro atoms. The van der Waals surface area contributed by atoms with Crippen molar-refractivity contribution in [2.75, 3.05) is 6.61 Å². The Hall–Kier alpha value is -4.02. The van der Waals surface area contributed by atoms with Gasteiger partial charge in [0.05, 0.1) is 16.1 Å². The molecular formula is C16H14N4O7. The number of amides is 1. The number of ether oxygens (including phenoxy) is 1. The molecule has 2 N–H and O–H groups in total. The Bertz CT molecular complexity index is 927. The van der Waals surface area contributed by atoms with E-state index in [-0.39, 0.29) is 17.0 Å². The summed E-state index contributed by atoms with van der Waals surface area (Å²) in [6.45, 7) is 1.14. The van der Waals surface area contributed by atoms with Gasteiger partial charge in [-0.05, 0) is 24.6 Å². The van der Waals surface area contributed by atoms with Crippen molar-refractivity contribution in [2.45, 2.75) is 6.92 Å². The van der Waals surface area contributed by atoms with Gasteiger partial charge in [-0.3, -0.25) is 25.0 Å². The second-order valence-corrected chi connectivity index (χ2v) is 5.28. The molecule has 2 rings (SSSR count). The zero-order valence-electron chi connectivity index (χ0n) is 14.0. The molecule has 0 aromatic heterocycles. The normalized spacial score (nSPS) is 10.6. The molecule has 2 aromatic rings. The van der Waals surface area contributed by atoms with Gasteiger partial charge >= 0.3 is 11.4 Å². The number of hydrogen-bond acceptors (Lipinski definition) is 8. The Morgan fingerprint density at radius 3 is 2.59 bits per heavy atom. The van der Waals surface area contributed by atoms with Gasteiger partial charge in [0, 0.05) is 17.7 Å². The summed E-state index contributed by atoms with van der Waals surface area (Å²) in [5, 5.41) is 35.0. The minimum atomic E-state index is -0.756. The number of hydrogen-bond donors (Lipinski definition) is 2. The largest absolute Gasteiger partial charge is 0.502 e. The number of rotatable bonds is 7. The van der Waals surface area contributed by atoms with Gasteiger partial charge in [0.25, 0.3) is 5.91 Å². The molecule has 2 aromatic carbocycles. The second kappa shape index (κ2) is 8.38. The molecule has 0 aliphatic heterocycles. The summed E-state index contributed by atoms with van der Waals surface area (Å²) in [5.41, 5.74) is 2.02. The highest BCUT2D eigenvalue weighted by molar-refractivity contribution is 5.87. The number of carbonyl (C=O) groups excluding carboxylic acids is 1. The maximum atomic E-state index is 11.7. The van der Waals surface area contributed by atoms with E-state index in [0.717, 1.165) is 12.3 Å². The van der Waals surface area contributed by atoms with Gasteiger partial charge in [-0.2, -0.15) is 5.10 Å². The zero-order chi connectivity index (χ0) is 20.0. The number of carbonyl (C=O) groups is 1. The highest BCUT2D eigenvalue weighted by Gasteiger charge is 2.17. The van der Waals surface area contributed by atoms with Gasteiger partial charge in [-0.1, -0.05) is 12.1 Å². The number of nitrogens with one attached hydrogen (secondary N) is 1. The number of nitro benzene ring substituents is 2. The van der Waals surface area contributed by atoms with Crippen LogP contribution in [0.3, 0.4) is 0 Å². The van der Waals surface area contributed by atoms with Crippen molar-refractivity contribution in [1.82, 2.24) is 5.43 Å². The Kier molecular flexibility index (Phi) is 5.99. The highest BCUT2D eigenvalue weighted by atomic mass is 16.6. The first-order valence-corrected chi connectivity index (χ1v) is 7.45. The van der Waals surface area contributed by atoms with Crippen molar-refractivity contribution in [3.05, 3.63) is 67.8 Å². The molecular weight excluding hydrogens is 360 g/mol. The first kappa shape index (κ1) is 19.3. The lowest BCUT2D eigenvalue weighted by Gasteiger charge is -2.06. The minimum Gasteiger partial charge on any atom is -0.502 e. The van der Waals surface area contributed by atoms with E-state index in [2.05, 4.69) is 10.5 Å². The molecule has 11 nitrogen and oxygen atoms in total. The van der Waals surface area contributed by atoms with Crippen LogP contribution in [0.2, 0.25) is 0 Å². The van der Waals surface area contributed by atoms with Gasteiger partial charge in [0.15, 0.2) is 12.4 Å². The van der Waals surface area contributed by atoms with Gasteiger partial charge in [0.1, 0.15) is 0 Å². The lowest BCUT2D eigenvalue weighted by molar-refractivity contribution is -0.386. The Morgan fingerprint density at radius 2 is 1.93 bits per heavy atom. The fourth-order valence-corrected chi connectivity index (χ4v) is 2.04. The molecule has 0 aliphatic rings. The van der Waals surface area contributed by atoms with Gasteiger partial charge in [-0.25, -0.2) is 5.43 Å². The molecule has 0 radical (unpaired) electrons. The van der Waals surface area contributed by atoms with E-state index >= 15 is 0 Å². The van der Waals surface area contributed by atoms with E-state index in [9.17, 15) is 30.1 Å². The van der Waals surface area contributed by atoms with Gasteiger partial charge < -0.3 is 9.84 Å². The molecule has 0 heterocycles. The number of para-hydroxylation sites is 1. The van der Waals surface area contributed by atoms with Crippen LogP contribution >= 0.6 is 0 Å². The molecule has 0 atom stereocenters. The summed E-state index contributed by atoms with van der Waals surface area (Å²) in [6, 6.07) is 8.13.